The lowest BCUT2D eigenvalue weighted by molar-refractivity contribution is -0.131. The summed E-state index contributed by atoms with van der Waals surface area (Å²) in [5, 5.41) is 11.7. The Labute approximate surface area is 183 Å². The van der Waals surface area contributed by atoms with Gasteiger partial charge in [0.15, 0.2) is 0 Å². The monoisotopic (exact) mass is 430 g/mol. The number of nitrogens with zero attached hydrogens (tertiary/aromatic N) is 2. The number of fused-ring (bicyclic) bond motifs is 1. The Balaban J connectivity index is 1.76. The van der Waals surface area contributed by atoms with Crippen molar-refractivity contribution in [2.24, 2.45) is 5.92 Å². The maximum atomic E-state index is 12.2. The third-order valence-electron chi connectivity index (χ3n) is 5.67. The highest BCUT2D eigenvalue weighted by atomic mass is 16.6. The topological polar surface area (TPSA) is 105 Å². The van der Waals surface area contributed by atoms with E-state index in [9.17, 15) is 9.59 Å². The highest BCUT2D eigenvalue weighted by molar-refractivity contribution is 5.84. The number of aryl methyl sites for hydroxylation is 1. The number of alkyl carbamates (subject to hydrolysis) is 1. The second-order valence-electron chi connectivity index (χ2n) is 9.34. The number of aromatic nitrogens is 2. The second kappa shape index (κ2) is 10.1. The number of ether oxygens (including phenoxy) is 1. The lowest BCUT2D eigenvalue weighted by atomic mass is 9.89. The molecule has 170 valence electrons. The van der Waals surface area contributed by atoms with Crippen LogP contribution in [-0.2, 0) is 22.5 Å². The van der Waals surface area contributed by atoms with Gasteiger partial charge in [0.2, 0.25) is 0 Å². The molecule has 1 heterocycles. The van der Waals surface area contributed by atoms with Crippen molar-refractivity contribution >= 4 is 23.0 Å². The van der Waals surface area contributed by atoms with E-state index in [4.69, 9.17) is 14.9 Å². The van der Waals surface area contributed by atoms with E-state index in [1.54, 1.807) is 26.3 Å². The van der Waals surface area contributed by atoms with Crippen LogP contribution in [0.3, 0.4) is 0 Å². The molecule has 8 heteroatoms. The summed E-state index contributed by atoms with van der Waals surface area (Å²) in [6, 6.07) is 7.12. The molecule has 1 saturated carbocycles. The van der Waals surface area contributed by atoms with Crippen LogP contribution in [0.5, 0.6) is 0 Å². The SMILES string of the molecule is CC(C)(C)OC(=O)N[C@@H](CCc1nc2ccccc2n1CC1CCCCC1)C(=O)NO. The first-order chi connectivity index (χ1) is 14.8. The van der Waals surface area contributed by atoms with Gasteiger partial charge in [-0.2, -0.15) is 0 Å². The molecule has 2 aromatic rings. The van der Waals surface area contributed by atoms with Crippen LogP contribution in [0, 0.1) is 5.92 Å². The van der Waals surface area contributed by atoms with Crippen LogP contribution in [0.25, 0.3) is 11.0 Å². The quantitative estimate of drug-likeness (QED) is 0.456. The van der Waals surface area contributed by atoms with Gasteiger partial charge >= 0.3 is 6.09 Å². The minimum Gasteiger partial charge on any atom is -0.444 e. The molecule has 1 aliphatic rings. The summed E-state index contributed by atoms with van der Waals surface area (Å²) in [6.07, 6.45) is 6.37. The molecular formula is C23H34N4O4. The molecule has 2 amide bonds. The fraction of sp³-hybridized carbons (Fsp3) is 0.609. The Morgan fingerprint density at radius 2 is 1.94 bits per heavy atom. The summed E-state index contributed by atoms with van der Waals surface area (Å²) in [5.74, 6) is 0.829. The lowest BCUT2D eigenvalue weighted by Gasteiger charge is -2.24. The molecule has 0 unspecified atom stereocenters. The Hall–Kier alpha value is -2.61. The average Bonchev–Trinajstić information content (AvgIpc) is 3.07. The van der Waals surface area contributed by atoms with E-state index in [1.165, 1.54) is 32.1 Å². The molecule has 1 atom stereocenters. The number of rotatable bonds is 7. The summed E-state index contributed by atoms with van der Waals surface area (Å²) in [5.41, 5.74) is 2.97. The molecule has 0 bridgehead atoms. The van der Waals surface area contributed by atoms with Crippen molar-refractivity contribution in [2.75, 3.05) is 0 Å². The Morgan fingerprint density at radius 1 is 1.23 bits per heavy atom. The predicted octanol–water partition coefficient (Wildman–Crippen LogP) is 3.95. The molecule has 0 spiro atoms. The second-order valence-corrected chi connectivity index (χ2v) is 9.34. The number of hydrogen-bond acceptors (Lipinski definition) is 5. The number of hydrogen-bond donors (Lipinski definition) is 3. The van der Waals surface area contributed by atoms with Crippen molar-refractivity contribution in [1.82, 2.24) is 20.3 Å². The Morgan fingerprint density at radius 3 is 2.61 bits per heavy atom. The average molecular weight is 431 g/mol. The number of nitrogens with one attached hydrogen (secondary N) is 2. The van der Waals surface area contributed by atoms with Gasteiger partial charge in [-0.05, 0) is 58.1 Å². The van der Waals surface area contributed by atoms with Gasteiger partial charge in [-0.25, -0.2) is 15.3 Å². The van der Waals surface area contributed by atoms with Crippen molar-refractivity contribution in [2.45, 2.75) is 83.9 Å². The van der Waals surface area contributed by atoms with Gasteiger partial charge in [0.05, 0.1) is 11.0 Å². The minimum absolute atomic E-state index is 0.291. The zero-order valence-electron chi connectivity index (χ0n) is 18.7. The molecule has 0 aliphatic heterocycles. The number of carbonyl (C=O) groups excluding carboxylic acids is 2. The normalized spacial score (nSPS) is 16.1. The van der Waals surface area contributed by atoms with E-state index >= 15 is 0 Å². The molecular weight excluding hydrogens is 396 g/mol. The fourth-order valence-electron chi connectivity index (χ4n) is 4.22. The van der Waals surface area contributed by atoms with E-state index in [0.717, 1.165) is 23.4 Å². The van der Waals surface area contributed by atoms with Crippen LogP contribution in [0.4, 0.5) is 4.79 Å². The van der Waals surface area contributed by atoms with Gasteiger partial charge in [0, 0.05) is 13.0 Å². The summed E-state index contributed by atoms with van der Waals surface area (Å²) >= 11 is 0. The van der Waals surface area contributed by atoms with E-state index in [2.05, 4.69) is 16.0 Å². The van der Waals surface area contributed by atoms with Crippen molar-refractivity contribution in [3.8, 4) is 0 Å². The first kappa shape index (κ1) is 23.1. The van der Waals surface area contributed by atoms with Crippen molar-refractivity contribution < 1.29 is 19.5 Å². The minimum atomic E-state index is -0.928. The first-order valence-electron chi connectivity index (χ1n) is 11.1. The van der Waals surface area contributed by atoms with Crippen LogP contribution < -0.4 is 10.8 Å². The number of carbonyl (C=O) groups is 2. The van der Waals surface area contributed by atoms with E-state index in [0.29, 0.717) is 18.8 Å². The zero-order valence-corrected chi connectivity index (χ0v) is 18.7. The van der Waals surface area contributed by atoms with Crippen LogP contribution in [-0.4, -0.2) is 38.4 Å². The largest absolute Gasteiger partial charge is 0.444 e. The number of imidazole rings is 1. The van der Waals surface area contributed by atoms with Crippen LogP contribution >= 0.6 is 0 Å². The van der Waals surface area contributed by atoms with E-state index in [1.807, 2.05) is 18.2 Å². The number of hydroxylamine groups is 1. The maximum absolute atomic E-state index is 12.2. The third-order valence-corrected chi connectivity index (χ3v) is 5.67. The molecule has 0 saturated heterocycles. The van der Waals surface area contributed by atoms with Crippen LogP contribution in [0.15, 0.2) is 24.3 Å². The van der Waals surface area contributed by atoms with Gasteiger partial charge in [-0.15, -0.1) is 0 Å². The smallest absolute Gasteiger partial charge is 0.408 e. The summed E-state index contributed by atoms with van der Waals surface area (Å²) in [7, 11) is 0. The van der Waals surface area contributed by atoms with Gasteiger partial charge in [0.25, 0.3) is 5.91 Å². The Bertz CT molecular complexity index is 897. The van der Waals surface area contributed by atoms with Crippen molar-refractivity contribution in [1.29, 1.82) is 0 Å². The Kier molecular flexibility index (Phi) is 7.54. The van der Waals surface area contributed by atoms with Gasteiger partial charge < -0.3 is 14.6 Å². The third kappa shape index (κ3) is 6.43. The van der Waals surface area contributed by atoms with Gasteiger partial charge in [0.1, 0.15) is 17.5 Å². The van der Waals surface area contributed by atoms with Crippen molar-refractivity contribution in [3.05, 3.63) is 30.1 Å². The standard InChI is InChI=1S/C23H34N4O4/c1-23(2,3)31-22(29)25-18(21(28)26-30)13-14-20-24-17-11-7-8-12-19(17)27(20)15-16-9-5-4-6-10-16/h7-8,11-12,16,18,30H,4-6,9-10,13-15H2,1-3H3,(H,25,29)(H,26,28)/t18-/m0/s1. The molecule has 1 aromatic heterocycles. The molecule has 31 heavy (non-hydrogen) atoms. The predicted molar refractivity (Wildman–Crippen MR) is 118 cm³/mol. The van der Waals surface area contributed by atoms with E-state index < -0.39 is 23.6 Å². The molecule has 1 fully saturated rings. The van der Waals surface area contributed by atoms with E-state index in [-0.39, 0.29) is 0 Å². The fourth-order valence-corrected chi connectivity index (χ4v) is 4.22. The zero-order chi connectivity index (χ0) is 22.4. The molecule has 1 aliphatic carbocycles. The maximum Gasteiger partial charge on any atom is 0.408 e. The van der Waals surface area contributed by atoms with Gasteiger partial charge in [-0.3, -0.25) is 10.0 Å². The summed E-state index contributed by atoms with van der Waals surface area (Å²) < 4.78 is 7.51. The summed E-state index contributed by atoms with van der Waals surface area (Å²) in [4.78, 5) is 29.1. The number of benzene rings is 1. The highest BCUT2D eigenvalue weighted by Crippen LogP contribution is 2.28. The number of amides is 2. The molecule has 3 rings (SSSR count). The molecule has 1 aromatic carbocycles. The number of para-hydroxylation sites is 2. The molecule has 3 N–H and O–H groups in total. The highest BCUT2D eigenvalue weighted by Gasteiger charge is 2.25. The lowest BCUT2D eigenvalue weighted by Crippen LogP contribution is -2.47. The molecule has 0 radical (unpaired) electrons. The summed E-state index contributed by atoms with van der Waals surface area (Å²) in [6.45, 7) is 6.16. The van der Waals surface area contributed by atoms with Gasteiger partial charge in [-0.1, -0.05) is 31.4 Å². The first-order valence-corrected chi connectivity index (χ1v) is 11.1. The van der Waals surface area contributed by atoms with Crippen LogP contribution in [0.1, 0.15) is 65.1 Å². The van der Waals surface area contributed by atoms with Crippen molar-refractivity contribution in [3.63, 3.8) is 0 Å². The molecule has 8 nitrogen and oxygen atoms in total. The van der Waals surface area contributed by atoms with Crippen LogP contribution in [0.2, 0.25) is 0 Å².